The fraction of sp³-hybridized carbons (Fsp3) is 0.300. The van der Waals surface area contributed by atoms with Gasteiger partial charge in [-0.15, -0.1) is 0 Å². The van der Waals surface area contributed by atoms with Gasteiger partial charge in [-0.2, -0.15) is 0 Å². The molecule has 0 amide bonds. The number of rotatable bonds is 2. The van der Waals surface area contributed by atoms with E-state index in [1.807, 2.05) is 0 Å². The molecule has 1 aliphatic rings. The molecule has 0 aromatic heterocycles. The van der Waals surface area contributed by atoms with Crippen molar-refractivity contribution in [3.8, 4) is 0 Å². The van der Waals surface area contributed by atoms with E-state index in [1.54, 1.807) is 6.07 Å². The van der Waals surface area contributed by atoms with Gasteiger partial charge in [0, 0.05) is 0 Å². The van der Waals surface area contributed by atoms with E-state index in [0.717, 1.165) is 24.0 Å². The molecule has 68 valence electrons. The van der Waals surface area contributed by atoms with Crippen LogP contribution in [0.5, 0.6) is 0 Å². The molecule has 1 saturated carbocycles. The molecule has 0 heterocycles. The van der Waals surface area contributed by atoms with Crippen LogP contribution in [0.25, 0.3) is 0 Å². The second-order valence-electron chi connectivity index (χ2n) is 3.29. The molecule has 0 spiro atoms. The third-order valence-corrected chi connectivity index (χ3v) is 2.26. The van der Waals surface area contributed by atoms with Crippen molar-refractivity contribution in [2.75, 3.05) is 0 Å². The van der Waals surface area contributed by atoms with Gasteiger partial charge in [0.05, 0.1) is 6.21 Å². The Bertz CT molecular complexity index is 345. The highest BCUT2D eigenvalue weighted by Crippen LogP contribution is 2.41. The van der Waals surface area contributed by atoms with E-state index in [1.165, 1.54) is 18.3 Å². The summed E-state index contributed by atoms with van der Waals surface area (Å²) in [4.78, 5) is 0. The van der Waals surface area contributed by atoms with Crippen LogP contribution < -0.4 is 0 Å². The average Bonchev–Trinajstić information content (AvgIpc) is 2.91. The van der Waals surface area contributed by atoms with Crippen LogP contribution in [-0.2, 0) is 0 Å². The number of hydrogen-bond acceptors (Lipinski definition) is 2. The quantitative estimate of drug-likeness (QED) is 0.422. The van der Waals surface area contributed by atoms with Crippen LogP contribution in [0, 0.1) is 5.82 Å². The van der Waals surface area contributed by atoms with Gasteiger partial charge in [0.25, 0.3) is 0 Å². The summed E-state index contributed by atoms with van der Waals surface area (Å²) in [6.45, 7) is 0. The second kappa shape index (κ2) is 3.17. The Morgan fingerprint density at radius 1 is 1.46 bits per heavy atom. The van der Waals surface area contributed by atoms with Gasteiger partial charge >= 0.3 is 0 Å². The third-order valence-electron chi connectivity index (χ3n) is 2.26. The second-order valence-corrected chi connectivity index (χ2v) is 3.29. The first-order chi connectivity index (χ1) is 6.31. The normalized spacial score (nSPS) is 16.7. The van der Waals surface area contributed by atoms with E-state index in [4.69, 9.17) is 5.21 Å². The standard InChI is InChI=1S/C10H10FNO/c11-9-4-3-8(6-12-13)10(5-9)7-1-2-7/h3-7,13H,1-2H2. The van der Waals surface area contributed by atoms with Gasteiger partial charge < -0.3 is 5.21 Å². The molecule has 0 atom stereocenters. The van der Waals surface area contributed by atoms with Crippen molar-refractivity contribution in [2.24, 2.45) is 5.16 Å². The summed E-state index contributed by atoms with van der Waals surface area (Å²) in [7, 11) is 0. The molecule has 0 bridgehead atoms. The molecule has 0 unspecified atom stereocenters. The van der Waals surface area contributed by atoms with Crippen molar-refractivity contribution in [3.05, 3.63) is 35.1 Å². The Balaban J connectivity index is 2.41. The van der Waals surface area contributed by atoms with Gasteiger partial charge in [0.1, 0.15) is 5.82 Å². The predicted octanol–water partition coefficient (Wildman–Crippen LogP) is 2.51. The van der Waals surface area contributed by atoms with Crippen LogP contribution in [0.1, 0.15) is 29.9 Å². The maximum atomic E-state index is 12.9. The largest absolute Gasteiger partial charge is 0.411 e. The zero-order valence-corrected chi connectivity index (χ0v) is 7.07. The lowest BCUT2D eigenvalue weighted by molar-refractivity contribution is 0.322. The first kappa shape index (κ1) is 8.23. The van der Waals surface area contributed by atoms with E-state index in [2.05, 4.69) is 5.16 Å². The molecular formula is C10H10FNO. The van der Waals surface area contributed by atoms with Gasteiger partial charge in [0.15, 0.2) is 0 Å². The lowest BCUT2D eigenvalue weighted by Crippen LogP contribution is -1.92. The summed E-state index contributed by atoms with van der Waals surface area (Å²) >= 11 is 0. The van der Waals surface area contributed by atoms with Crippen molar-refractivity contribution < 1.29 is 9.60 Å². The molecule has 1 N–H and O–H groups in total. The van der Waals surface area contributed by atoms with Crippen molar-refractivity contribution in [3.63, 3.8) is 0 Å². The van der Waals surface area contributed by atoms with Crippen LogP contribution in [-0.4, -0.2) is 11.4 Å². The zero-order chi connectivity index (χ0) is 9.26. The summed E-state index contributed by atoms with van der Waals surface area (Å²) in [5, 5.41) is 11.4. The van der Waals surface area contributed by atoms with Crippen LogP contribution >= 0.6 is 0 Å². The highest BCUT2D eigenvalue weighted by molar-refractivity contribution is 5.81. The summed E-state index contributed by atoms with van der Waals surface area (Å²) < 4.78 is 12.9. The highest BCUT2D eigenvalue weighted by atomic mass is 19.1. The monoisotopic (exact) mass is 179 g/mol. The Morgan fingerprint density at radius 3 is 2.85 bits per heavy atom. The Kier molecular flexibility index (Phi) is 2.00. The van der Waals surface area contributed by atoms with Crippen molar-refractivity contribution in [2.45, 2.75) is 18.8 Å². The zero-order valence-electron chi connectivity index (χ0n) is 7.07. The summed E-state index contributed by atoms with van der Waals surface area (Å²) in [5.41, 5.74) is 1.77. The molecule has 2 nitrogen and oxygen atoms in total. The molecule has 1 aromatic carbocycles. The molecule has 0 saturated heterocycles. The molecule has 1 aromatic rings. The molecule has 13 heavy (non-hydrogen) atoms. The third kappa shape index (κ3) is 1.69. The lowest BCUT2D eigenvalue weighted by atomic mass is 10.0. The minimum atomic E-state index is -0.225. The number of nitrogens with zero attached hydrogens (tertiary/aromatic N) is 1. The van der Waals surface area contributed by atoms with E-state index in [0.29, 0.717) is 5.92 Å². The molecule has 2 rings (SSSR count). The number of benzene rings is 1. The van der Waals surface area contributed by atoms with E-state index in [-0.39, 0.29) is 5.82 Å². The smallest absolute Gasteiger partial charge is 0.123 e. The van der Waals surface area contributed by atoms with Gasteiger partial charge in [-0.05, 0) is 42.0 Å². The van der Waals surface area contributed by atoms with Crippen LogP contribution in [0.15, 0.2) is 23.4 Å². The van der Waals surface area contributed by atoms with E-state index in [9.17, 15) is 4.39 Å². The maximum absolute atomic E-state index is 12.9. The van der Waals surface area contributed by atoms with Crippen LogP contribution in [0.2, 0.25) is 0 Å². The number of oxime groups is 1. The first-order valence-corrected chi connectivity index (χ1v) is 4.28. The molecule has 0 radical (unpaired) electrons. The van der Waals surface area contributed by atoms with Crippen molar-refractivity contribution in [1.29, 1.82) is 0 Å². The van der Waals surface area contributed by atoms with Gasteiger partial charge in [-0.25, -0.2) is 4.39 Å². The SMILES string of the molecule is ON=Cc1ccc(F)cc1C1CC1. The summed E-state index contributed by atoms with van der Waals surface area (Å²) in [6.07, 6.45) is 3.57. The highest BCUT2D eigenvalue weighted by Gasteiger charge is 2.25. The fourth-order valence-electron chi connectivity index (χ4n) is 1.47. The minimum Gasteiger partial charge on any atom is -0.411 e. The Morgan fingerprint density at radius 2 is 2.23 bits per heavy atom. The van der Waals surface area contributed by atoms with Crippen LogP contribution in [0.3, 0.4) is 0 Å². The van der Waals surface area contributed by atoms with Gasteiger partial charge in [-0.1, -0.05) is 11.2 Å². The number of halogens is 1. The summed E-state index contributed by atoms with van der Waals surface area (Å²) in [6, 6.07) is 4.54. The molecule has 3 heteroatoms. The molecular weight excluding hydrogens is 169 g/mol. The topological polar surface area (TPSA) is 32.6 Å². The van der Waals surface area contributed by atoms with Crippen molar-refractivity contribution >= 4 is 6.21 Å². The maximum Gasteiger partial charge on any atom is 0.123 e. The van der Waals surface area contributed by atoms with Crippen molar-refractivity contribution in [1.82, 2.24) is 0 Å². The van der Waals surface area contributed by atoms with E-state index >= 15 is 0 Å². The molecule has 1 fully saturated rings. The Hall–Kier alpha value is -1.38. The van der Waals surface area contributed by atoms with E-state index < -0.39 is 0 Å². The van der Waals surface area contributed by atoms with Crippen LogP contribution in [0.4, 0.5) is 4.39 Å². The van der Waals surface area contributed by atoms with Gasteiger partial charge in [0.2, 0.25) is 0 Å². The number of hydrogen-bond donors (Lipinski definition) is 1. The van der Waals surface area contributed by atoms with Gasteiger partial charge in [-0.3, -0.25) is 0 Å². The predicted molar refractivity (Wildman–Crippen MR) is 47.8 cm³/mol. The Labute approximate surface area is 75.7 Å². The minimum absolute atomic E-state index is 0.225. The first-order valence-electron chi connectivity index (χ1n) is 4.28. The summed E-state index contributed by atoms with van der Waals surface area (Å²) in [5.74, 6) is 0.237. The molecule has 0 aliphatic heterocycles. The lowest BCUT2D eigenvalue weighted by Gasteiger charge is -2.02. The average molecular weight is 179 g/mol. The fourth-order valence-corrected chi connectivity index (χ4v) is 1.47. The molecule has 1 aliphatic carbocycles.